The summed E-state index contributed by atoms with van der Waals surface area (Å²) in [5.41, 5.74) is 0. The van der Waals surface area contributed by atoms with Crippen LogP contribution in [0.25, 0.3) is 0 Å². The van der Waals surface area contributed by atoms with Crippen LogP contribution in [-0.2, 0) is 15.6 Å². The summed E-state index contributed by atoms with van der Waals surface area (Å²) >= 11 is 0. The molecular weight excluding hydrogens is 258 g/mol. The van der Waals surface area contributed by atoms with Crippen LogP contribution in [0, 0.1) is 0 Å². The first-order valence-electron chi connectivity index (χ1n) is 5.53. The van der Waals surface area contributed by atoms with E-state index in [1.165, 1.54) is 19.1 Å². The van der Waals surface area contributed by atoms with Gasteiger partial charge in [0.15, 0.2) is 5.09 Å². The van der Waals surface area contributed by atoms with Crippen LogP contribution in [0.1, 0.15) is 30.3 Å². The molecule has 98 valence electrons. The number of rotatable bonds is 5. The van der Waals surface area contributed by atoms with Gasteiger partial charge >= 0.3 is 5.97 Å². The van der Waals surface area contributed by atoms with Crippen LogP contribution >= 0.6 is 0 Å². The Morgan fingerprint density at radius 2 is 2.17 bits per heavy atom. The third-order valence-electron chi connectivity index (χ3n) is 2.60. The van der Waals surface area contributed by atoms with Crippen LogP contribution in [-0.4, -0.2) is 32.5 Å². The van der Waals surface area contributed by atoms with Crippen molar-refractivity contribution in [2.24, 2.45) is 0 Å². The lowest BCUT2D eigenvalue weighted by Crippen LogP contribution is -2.36. The number of aromatic carboxylic acids is 1. The monoisotopic (exact) mass is 271 g/mol. The summed E-state index contributed by atoms with van der Waals surface area (Å²) in [5.74, 6) is -1.81. The van der Waals surface area contributed by atoms with Gasteiger partial charge in [-0.25, -0.2) is 4.79 Å². The summed E-state index contributed by atoms with van der Waals surface area (Å²) in [6, 6.07) is 2.74. The predicted octanol–water partition coefficient (Wildman–Crippen LogP) is 0.752. The second-order valence-corrected chi connectivity index (χ2v) is 5.85. The van der Waals surface area contributed by atoms with Crippen molar-refractivity contribution in [2.45, 2.75) is 36.1 Å². The number of carboxylic acids is 1. The second-order valence-electron chi connectivity index (χ2n) is 4.15. The molecule has 1 aromatic rings. The lowest BCUT2D eigenvalue weighted by Gasteiger charge is -2.09. The van der Waals surface area contributed by atoms with Gasteiger partial charge in [0.1, 0.15) is 16.0 Å². The minimum atomic E-state index is -1.68. The average molecular weight is 271 g/mol. The zero-order valence-corrected chi connectivity index (χ0v) is 10.5. The van der Waals surface area contributed by atoms with E-state index in [2.05, 4.69) is 5.32 Å². The molecule has 1 aliphatic rings. The summed E-state index contributed by atoms with van der Waals surface area (Å²) in [6.45, 7) is 1.52. The van der Waals surface area contributed by atoms with Gasteiger partial charge < -0.3 is 14.8 Å². The molecule has 1 amide bonds. The summed E-state index contributed by atoms with van der Waals surface area (Å²) in [4.78, 5) is 22.3. The molecule has 1 aromatic heterocycles. The van der Waals surface area contributed by atoms with Crippen LogP contribution in [0.4, 0.5) is 0 Å². The minimum Gasteiger partial charge on any atom is -0.475 e. The van der Waals surface area contributed by atoms with Crippen molar-refractivity contribution < 1.29 is 23.3 Å². The van der Waals surface area contributed by atoms with Gasteiger partial charge in [-0.2, -0.15) is 0 Å². The number of carboxylic acid groups (broad SMARTS) is 1. The first kappa shape index (κ1) is 12.8. The van der Waals surface area contributed by atoms with Gasteiger partial charge in [-0.15, -0.1) is 0 Å². The smallest absolute Gasteiger partial charge is 0.371 e. The summed E-state index contributed by atoms with van der Waals surface area (Å²) in [6.07, 6.45) is 1.91. The molecule has 1 fully saturated rings. The number of furan rings is 1. The molecule has 1 heterocycles. The summed E-state index contributed by atoms with van der Waals surface area (Å²) in [7, 11) is -1.68. The molecule has 0 saturated heterocycles. The van der Waals surface area contributed by atoms with Gasteiger partial charge in [0.05, 0.1) is 0 Å². The van der Waals surface area contributed by atoms with Crippen molar-refractivity contribution in [1.29, 1.82) is 0 Å². The molecule has 2 atom stereocenters. The fourth-order valence-electron chi connectivity index (χ4n) is 1.36. The molecule has 0 aromatic carbocycles. The van der Waals surface area contributed by atoms with Crippen molar-refractivity contribution in [1.82, 2.24) is 5.32 Å². The third kappa shape index (κ3) is 2.79. The van der Waals surface area contributed by atoms with Gasteiger partial charge in [-0.1, -0.05) is 0 Å². The zero-order valence-electron chi connectivity index (χ0n) is 9.71. The maximum Gasteiger partial charge on any atom is 0.371 e. The highest BCUT2D eigenvalue weighted by Crippen LogP contribution is 2.20. The van der Waals surface area contributed by atoms with E-state index in [4.69, 9.17) is 9.52 Å². The van der Waals surface area contributed by atoms with Crippen molar-refractivity contribution in [3.8, 4) is 0 Å². The number of amides is 1. The Balaban J connectivity index is 2.04. The van der Waals surface area contributed by atoms with Crippen molar-refractivity contribution in [3.05, 3.63) is 17.9 Å². The highest BCUT2D eigenvalue weighted by atomic mass is 32.2. The highest BCUT2D eigenvalue weighted by Gasteiger charge is 2.29. The molecule has 0 bridgehead atoms. The van der Waals surface area contributed by atoms with E-state index in [1.807, 2.05) is 0 Å². The van der Waals surface area contributed by atoms with Gasteiger partial charge in [0.25, 0.3) is 0 Å². The van der Waals surface area contributed by atoms with E-state index in [0.717, 1.165) is 12.8 Å². The number of hydrogen-bond donors (Lipinski definition) is 2. The predicted molar refractivity (Wildman–Crippen MR) is 62.7 cm³/mol. The molecule has 1 aliphatic carbocycles. The van der Waals surface area contributed by atoms with Crippen LogP contribution in [0.2, 0.25) is 0 Å². The first-order valence-corrected chi connectivity index (χ1v) is 6.74. The SMILES string of the molecule is CC(C(=O)NC1CC1)S(=O)c1ccc(C(=O)O)o1. The van der Waals surface area contributed by atoms with Gasteiger partial charge in [-0.05, 0) is 31.9 Å². The topological polar surface area (TPSA) is 96.6 Å². The van der Waals surface area contributed by atoms with E-state index in [1.54, 1.807) is 0 Å². The van der Waals surface area contributed by atoms with Gasteiger partial charge in [0, 0.05) is 6.04 Å². The van der Waals surface area contributed by atoms with E-state index in [-0.39, 0.29) is 22.8 Å². The summed E-state index contributed by atoms with van der Waals surface area (Å²) in [5, 5.41) is 10.7. The van der Waals surface area contributed by atoms with Crippen LogP contribution in [0.3, 0.4) is 0 Å². The van der Waals surface area contributed by atoms with E-state index in [0.29, 0.717) is 0 Å². The molecule has 2 unspecified atom stereocenters. The Kier molecular flexibility index (Phi) is 3.51. The fraction of sp³-hybridized carbons (Fsp3) is 0.455. The lowest BCUT2D eigenvalue weighted by molar-refractivity contribution is -0.120. The molecule has 2 rings (SSSR count). The van der Waals surface area contributed by atoms with Crippen molar-refractivity contribution in [3.63, 3.8) is 0 Å². The molecular formula is C11H13NO5S. The van der Waals surface area contributed by atoms with E-state index < -0.39 is 22.0 Å². The van der Waals surface area contributed by atoms with Crippen LogP contribution in [0.5, 0.6) is 0 Å². The highest BCUT2D eigenvalue weighted by molar-refractivity contribution is 7.86. The summed E-state index contributed by atoms with van der Waals surface area (Å²) < 4.78 is 16.9. The average Bonchev–Trinajstić information content (AvgIpc) is 2.99. The largest absolute Gasteiger partial charge is 0.475 e. The van der Waals surface area contributed by atoms with Gasteiger partial charge in [-0.3, -0.25) is 9.00 Å². The molecule has 0 spiro atoms. The Labute approximate surface area is 106 Å². The van der Waals surface area contributed by atoms with E-state index >= 15 is 0 Å². The van der Waals surface area contributed by atoms with Gasteiger partial charge in [0.2, 0.25) is 11.7 Å². The maximum atomic E-state index is 12.0. The van der Waals surface area contributed by atoms with E-state index in [9.17, 15) is 13.8 Å². The number of nitrogens with one attached hydrogen (secondary N) is 1. The molecule has 0 aliphatic heterocycles. The lowest BCUT2D eigenvalue weighted by atomic mass is 10.4. The normalized spacial score (nSPS) is 18.1. The Morgan fingerprint density at radius 1 is 1.50 bits per heavy atom. The maximum absolute atomic E-state index is 12.0. The molecule has 18 heavy (non-hydrogen) atoms. The fourth-order valence-corrected chi connectivity index (χ4v) is 2.35. The quantitative estimate of drug-likeness (QED) is 0.823. The minimum absolute atomic E-state index is 0.00541. The van der Waals surface area contributed by atoms with Crippen molar-refractivity contribution in [2.75, 3.05) is 0 Å². The Morgan fingerprint density at radius 3 is 2.67 bits per heavy atom. The Bertz CT molecular complexity index is 505. The van der Waals surface area contributed by atoms with Crippen molar-refractivity contribution >= 4 is 22.7 Å². The molecule has 2 N–H and O–H groups in total. The number of carbonyl (C=O) groups excluding carboxylic acids is 1. The van der Waals surface area contributed by atoms with Crippen LogP contribution < -0.4 is 5.32 Å². The Hall–Kier alpha value is -1.63. The first-order chi connectivity index (χ1) is 8.49. The number of hydrogen-bond acceptors (Lipinski definition) is 4. The molecule has 6 nitrogen and oxygen atoms in total. The standard InChI is InChI=1S/C11H13NO5S/c1-6(10(13)12-7-2-3-7)18(16)9-5-4-8(17-9)11(14)15/h4-7H,2-3H2,1H3,(H,12,13)(H,14,15). The second kappa shape index (κ2) is 4.93. The molecule has 0 radical (unpaired) electrons. The molecule has 1 saturated carbocycles. The third-order valence-corrected chi connectivity index (χ3v) is 4.08. The zero-order chi connectivity index (χ0) is 13.3. The number of carbonyl (C=O) groups is 2. The van der Waals surface area contributed by atoms with Crippen LogP contribution in [0.15, 0.2) is 21.6 Å². The molecule has 7 heteroatoms.